The summed E-state index contributed by atoms with van der Waals surface area (Å²) in [6, 6.07) is 0. The second-order valence-electron chi connectivity index (χ2n) is 2.77. The molecule has 0 atom stereocenters. The average Bonchev–Trinajstić information content (AvgIpc) is 2.30. The molecule has 0 aliphatic rings. The Hall–Kier alpha value is -1.96. The van der Waals surface area contributed by atoms with E-state index in [9.17, 15) is 0 Å². The number of hydrogen-bond acceptors (Lipinski definition) is 8. The number of nitrogens with zero attached hydrogens (tertiary/aromatic N) is 4. The molecule has 0 heterocycles. The smallest absolute Gasteiger partial charge is 0.142 e. The standard InChI is InChI=1S/C8H16N8/c1-9-13-5-6(14-10-2)8(16-12-4)7(5)15-11-3/h9-11,14H,1-4H3/b13-5-,15-7+,16-12?. The molecule has 8 heteroatoms. The van der Waals surface area contributed by atoms with E-state index in [2.05, 4.69) is 42.1 Å². The fourth-order valence-corrected chi connectivity index (χ4v) is 1.28. The predicted molar refractivity (Wildman–Crippen MR) is 61.2 cm³/mol. The Balaban J connectivity index is 3.31. The van der Waals surface area contributed by atoms with Crippen molar-refractivity contribution in [3.05, 3.63) is 10.7 Å². The molecule has 0 saturated heterocycles. The molecule has 0 aliphatic heterocycles. The number of hydrogen-bond donors (Lipinski definition) is 4. The van der Waals surface area contributed by atoms with Crippen molar-refractivity contribution in [1.29, 1.82) is 0 Å². The Morgan fingerprint density at radius 1 is 0.938 bits per heavy atom. The summed E-state index contributed by atoms with van der Waals surface area (Å²) in [5.41, 5.74) is 12.6. The first-order valence-corrected chi connectivity index (χ1v) is 4.77. The van der Waals surface area contributed by atoms with Crippen molar-refractivity contribution in [2.75, 3.05) is 33.6 Å². The van der Waals surface area contributed by atoms with Crippen LogP contribution in [-0.4, -0.2) is 28.2 Å². The molecule has 4 N–H and O–H groups in total. The Labute approximate surface area is 93.2 Å². The van der Waals surface area contributed by atoms with E-state index < -0.39 is 0 Å². The lowest BCUT2D eigenvalue weighted by Crippen LogP contribution is -2.41. The van der Waals surface area contributed by atoms with Gasteiger partial charge in [-0.15, -0.1) is 0 Å². The quantitative estimate of drug-likeness (QED) is 0.376. The number of nitrogens with one attached hydrogen (secondary N) is 4. The Morgan fingerprint density at radius 3 is 2.06 bits per heavy atom. The molecule has 0 bridgehead atoms. The van der Waals surface area contributed by atoms with Crippen LogP contribution >= 0.6 is 0 Å². The molecule has 0 saturated carbocycles. The molecule has 0 spiro atoms. The first-order valence-electron chi connectivity index (χ1n) is 4.77. The van der Waals surface area contributed by atoms with Crippen LogP contribution in [0.5, 0.6) is 0 Å². The van der Waals surface area contributed by atoms with Crippen LogP contribution in [-0.2, 0) is 0 Å². The normalized spacial score (nSPS) is 13.8. The van der Waals surface area contributed by atoms with E-state index in [4.69, 9.17) is 0 Å². The Kier molecular flexibility index (Phi) is 4.40. The summed E-state index contributed by atoms with van der Waals surface area (Å²) in [6.07, 6.45) is 0. The first-order chi connectivity index (χ1) is 7.79. The zero-order valence-corrected chi connectivity index (χ0v) is 9.79. The summed E-state index contributed by atoms with van der Waals surface area (Å²) in [4.78, 5) is 0. The lowest BCUT2D eigenvalue weighted by Gasteiger charge is -2.12. The van der Waals surface area contributed by atoms with E-state index in [1.165, 1.54) is 0 Å². The largest absolute Gasteiger partial charge is 0.318 e. The first kappa shape index (κ1) is 12.1. The highest BCUT2D eigenvalue weighted by molar-refractivity contribution is 5.69. The molecular formula is C8H16N8. The molecule has 8 nitrogen and oxygen atoms in total. The topological polar surface area (TPSA) is 97.6 Å². The molecule has 0 radical (unpaired) electrons. The second-order valence-corrected chi connectivity index (χ2v) is 2.77. The SMILES string of the molecule is CN=Nc1c(NNC)c(=N/NC)/c1=N\NC. The summed E-state index contributed by atoms with van der Waals surface area (Å²) in [6.45, 7) is 0. The highest BCUT2D eigenvalue weighted by Gasteiger charge is 2.17. The third-order valence-electron chi connectivity index (χ3n) is 1.82. The lowest BCUT2D eigenvalue weighted by molar-refractivity contribution is 0.803. The van der Waals surface area contributed by atoms with E-state index >= 15 is 0 Å². The molecule has 0 aromatic heterocycles. The molecular weight excluding hydrogens is 208 g/mol. The van der Waals surface area contributed by atoms with Crippen LogP contribution in [0.15, 0.2) is 20.4 Å². The van der Waals surface area contributed by atoms with Gasteiger partial charge in [-0.3, -0.25) is 0 Å². The van der Waals surface area contributed by atoms with Crippen LogP contribution in [0.3, 0.4) is 0 Å². The van der Waals surface area contributed by atoms with Gasteiger partial charge in [-0.05, 0) is 0 Å². The minimum absolute atomic E-state index is 0.667. The molecule has 1 aromatic rings. The zero-order chi connectivity index (χ0) is 12.0. The molecule has 0 amide bonds. The van der Waals surface area contributed by atoms with E-state index in [0.717, 1.165) is 5.69 Å². The molecule has 1 aromatic carbocycles. The van der Waals surface area contributed by atoms with E-state index in [0.29, 0.717) is 16.4 Å². The van der Waals surface area contributed by atoms with Crippen molar-refractivity contribution in [1.82, 2.24) is 16.3 Å². The van der Waals surface area contributed by atoms with Crippen molar-refractivity contribution >= 4 is 11.4 Å². The van der Waals surface area contributed by atoms with Crippen molar-refractivity contribution < 1.29 is 0 Å². The van der Waals surface area contributed by atoms with Gasteiger partial charge in [-0.1, -0.05) is 0 Å². The van der Waals surface area contributed by atoms with Crippen molar-refractivity contribution in [3.63, 3.8) is 0 Å². The summed E-state index contributed by atoms with van der Waals surface area (Å²) < 4.78 is 0. The number of azo groups is 1. The van der Waals surface area contributed by atoms with Gasteiger partial charge in [0.2, 0.25) is 0 Å². The minimum atomic E-state index is 0.667. The molecule has 88 valence electrons. The van der Waals surface area contributed by atoms with Crippen LogP contribution in [0.4, 0.5) is 11.4 Å². The van der Waals surface area contributed by atoms with Crippen LogP contribution < -0.4 is 32.4 Å². The van der Waals surface area contributed by atoms with Gasteiger partial charge in [0.1, 0.15) is 22.1 Å². The summed E-state index contributed by atoms with van der Waals surface area (Å²) >= 11 is 0. The highest BCUT2D eigenvalue weighted by Crippen LogP contribution is 2.17. The molecule has 16 heavy (non-hydrogen) atoms. The van der Waals surface area contributed by atoms with E-state index in [-0.39, 0.29) is 0 Å². The maximum Gasteiger partial charge on any atom is 0.142 e. The van der Waals surface area contributed by atoms with Gasteiger partial charge in [0, 0.05) is 28.2 Å². The second kappa shape index (κ2) is 5.81. The average molecular weight is 224 g/mol. The third-order valence-corrected chi connectivity index (χ3v) is 1.82. The van der Waals surface area contributed by atoms with Gasteiger partial charge in [0.05, 0.1) is 0 Å². The zero-order valence-electron chi connectivity index (χ0n) is 9.79. The van der Waals surface area contributed by atoms with Gasteiger partial charge < -0.3 is 16.3 Å². The Morgan fingerprint density at radius 2 is 1.56 bits per heavy atom. The Bertz CT molecular complexity index is 451. The maximum atomic E-state index is 4.10. The fourth-order valence-electron chi connectivity index (χ4n) is 1.28. The molecule has 0 fully saturated rings. The van der Waals surface area contributed by atoms with Gasteiger partial charge in [0.25, 0.3) is 0 Å². The van der Waals surface area contributed by atoms with Crippen molar-refractivity contribution in [3.8, 4) is 0 Å². The fraction of sp³-hybridized carbons (Fsp3) is 0.500. The maximum absolute atomic E-state index is 4.10. The summed E-state index contributed by atoms with van der Waals surface area (Å²) in [5, 5.41) is 17.3. The van der Waals surface area contributed by atoms with E-state index in [1.807, 2.05) is 0 Å². The monoisotopic (exact) mass is 224 g/mol. The van der Waals surface area contributed by atoms with E-state index in [1.54, 1.807) is 28.2 Å². The van der Waals surface area contributed by atoms with Gasteiger partial charge in [0.15, 0.2) is 0 Å². The van der Waals surface area contributed by atoms with Crippen LogP contribution in [0, 0.1) is 0 Å². The van der Waals surface area contributed by atoms with Crippen LogP contribution in [0.1, 0.15) is 0 Å². The van der Waals surface area contributed by atoms with Crippen LogP contribution in [0.2, 0.25) is 0 Å². The minimum Gasteiger partial charge on any atom is -0.318 e. The van der Waals surface area contributed by atoms with Crippen molar-refractivity contribution in [2.24, 2.45) is 20.4 Å². The molecule has 0 unspecified atom stereocenters. The van der Waals surface area contributed by atoms with Crippen molar-refractivity contribution in [2.45, 2.75) is 0 Å². The molecule has 0 aliphatic carbocycles. The van der Waals surface area contributed by atoms with Gasteiger partial charge in [-0.2, -0.15) is 20.4 Å². The highest BCUT2D eigenvalue weighted by atomic mass is 15.4. The predicted octanol–water partition coefficient (Wildman–Crippen LogP) is -1.11. The molecule has 1 rings (SSSR count). The van der Waals surface area contributed by atoms with Gasteiger partial charge >= 0.3 is 0 Å². The number of rotatable bonds is 5. The third kappa shape index (κ3) is 2.16. The van der Waals surface area contributed by atoms with Gasteiger partial charge in [-0.25, -0.2) is 5.43 Å². The van der Waals surface area contributed by atoms with Crippen LogP contribution in [0.25, 0.3) is 0 Å². The number of hydrazine groups is 1. The summed E-state index contributed by atoms with van der Waals surface area (Å²) in [5.74, 6) is 0. The number of anilines is 1. The summed E-state index contributed by atoms with van der Waals surface area (Å²) in [7, 11) is 6.81. The lowest BCUT2D eigenvalue weighted by atomic mass is 10.2.